The van der Waals surface area contributed by atoms with E-state index in [4.69, 9.17) is 4.74 Å². The summed E-state index contributed by atoms with van der Waals surface area (Å²) >= 11 is 0. The normalized spacial score (nSPS) is 20.7. The van der Waals surface area contributed by atoms with Gasteiger partial charge in [0.05, 0.1) is 13.0 Å². The van der Waals surface area contributed by atoms with Gasteiger partial charge in [0.25, 0.3) is 0 Å². The van der Waals surface area contributed by atoms with Gasteiger partial charge in [0.1, 0.15) is 0 Å². The minimum absolute atomic E-state index is 0.0728. The first-order valence-corrected chi connectivity index (χ1v) is 6.92. The Kier molecular flexibility index (Phi) is 5.60. The maximum absolute atomic E-state index is 11.7. The molecule has 0 saturated carbocycles. The second-order valence-electron chi connectivity index (χ2n) is 6.23. The largest absolute Gasteiger partial charge is 0.466 e. The maximum atomic E-state index is 11.7. The van der Waals surface area contributed by atoms with Gasteiger partial charge in [0.15, 0.2) is 0 Å². The number of esters is 1. The summed E-state index contributed by atoms with van der Waals surface area (Å²) in [5.41, 5.74) is 0.0999. The molecule has 0 aromatic carbocycles. The van der Waals surface area contributed by atoms with Crippen LogP contribution in [-0.4, -0.2) is 61.6 Å². The van der Waals surface area contributed by atoms with E-state index in [-0.39, 0.29) is 17.4 Å². The molecular weight excluding hydrogens is 228 g/mol. The SMILES string of the molecule is CCOC(=O)CC(N1CCN(C)CC1)C(C)(C)C. The van der Waals surface area contributed by atoms with E-state index >= 15 is 0 Å². The molecule has 1 aliphatic heterocycles. The summed E-state index contributed by atoms with van der Waals surface area (Å²) in [6.07, 6.45) is 0.501. The molecule has 1 rings (SSSR count). The van der Waals surface area contributed by atoms with E-state index in [1.165, 1.54) is 0 Å². The Balaban J connectivity index is 2.64. The van der Waals surface area contributed by atoms with Gasteiger partial charge in [-0.05, 0) is 19.4 Å². The molecule has 4 heteroatoms. The number of carbonyl (C=O) groups is 1. The fourth-order valence-electron chi connectivity index (χ4n) is 2.49. The van der Waals surface area contributed by atoms with Gasteiger partial charge in [0.2, 0.25) is 0 Å². The minimum Gasteiger partial charge on any atom is -0.466 e. The predicted octanol–water partition coefficient (Wildman–Crippen LogP) is 1.60. The summed E-state index contributed by atoms with van der Waals surface area (Å²) in [5.74, 6) is -0.0728. The monoisotopic (exact) mass is 256 g/mol. The highest BCUT2D eigenvalue weighted by atomic mass is 16.5. The smallest absolute Gasteiger partial charge is 0.307 e. The van der Waals surface area contributed by atoms with Gasteiger partial charge in [-0.3, -0.25) is 9.69 Å². The number of likely N-dealkylation sites (N-methyl/N-ethyl adjacent to an activating group) is 1. The highest BCUT2D eigenvalue weighted by molar-refractivity contribution is 5.70. The number of piperazine rings is 1. The first-order valence-electron chi connectivity index (χ1n) is 6.92. The molecule has 0 aromatic rings. The van der Waals surface area contributed by atoms with Gasteiger partial charge < -0.3 is 9.64 Å². The molecule has 1 unspecified atom stereocenters. The zero-order valence-corrected chi connectivity index (χ0v) is 12.5. The minimum atomic E-state index is -0.0728. The number of nitrogens with zero attached hydrogens (tertiary/aromatic N) is 2. The molecule has 1 atom stereocenters. The third-order valence-electron chi connectivity index (χ3n) is 3.64. The van der Waals surface area contributed by atoms with Crippen LogP contribution in [0.15, 0.2) is 0 Å². The molecule has 1 saturated heterocycles. The second-order valence-corrected chi connectivity index (χ2v) is 6.23. The van der Waals surface area contributed by atoms with E-state index < -0.39 is 0 Å². The molecular formula is C14H28N2O2. The van der Waals surface area contributed by atoms with Crippen LogP contribution in [0.1, 0.15) is 34.1 Å². The summed E-state index contributed by atoms with van der Waals surface area (Å²) in [5, 5.41) is 0. The van der Waals surface area contributed by atoms with Crippen LogP contribution in [0.4, 0.5) is 0 Å². The first-order chi connectivity index (χ1) is 8.34. The quantitative estimate of drug-likeness (QED) is 0.715. The number of ether oxygens (including phenoxy) is 1. The van der Waals surface area contributed by atoms with E-state index in [0.29, 0.717) is 13.0 Å². The summed E-state index contributed by atoms with van der Waals surface area (Å²) in [6.45, 7) is 13.2. The van der Waals surface area contributed by atoms with E-state index in [1.54, 1.807) is 0 Å². The predicted molar refractivity (Wildman–Crippen MR) is 73.6 cm³/mol. The van der Waals surface area contributed by atoms with Crippen molar-refractivity contribution in [2.24, 2.45) is 5.41 Å². The highest BCUT2D eigenvalue weighted by Gasteiger charge is 2.33. The van der Waals surface area contributed by atoms with Gasteiger partial charge >= 0.3 is 5.97 Å². The second kappa shape index (κ2) is 6.53. The van der Waals surface area contributed by atoms with E-state index in [0.717, 1.165) is 26.2 Å². The molecule has 0 amide bonds. The molecule has 0 radical (unpaired) electrons. The van der Waals surface area contributed by atoms with Crippen LogP contribution in [0, 0.1) is 5.41 Å². The lowest BCUT2D eigenvalue weighted by atomic mass is 9.83. The summed E-state index contributed by atoms with van der Waals surface area (Å²) < 4.78 is 5.10. The highest BCUT2D eigenvalue weighted by Crippen LogP contribution is 2.28. The van der Waals surface area contributed by atoms with Crippen molar-refractivity contribution in [1.29, 1.82) is 0 Å². The van der Waals surface area contributed by atoms with Crippen LogP contribution in [0.3, 0.4) is 0 Å². The molecule has 0 aromatic heterocycles. The van der Waals surface area contributed by atoms with Gasteiger partial charge in [-0.1, -0.05) is 20.8 Å². The lowest BCUT2D eigenvalue weighted by Gasteiger charge is -2.43. The lowest BCUT2D eigenvalue weighted by Crippen LogP contribution is -2.53. The van der Waals surface area contributed by atoms with E-state index in [9.17, 15) is 4.79 Å². The molecule has 106 valence electrons. The Bertz CT molecular complexity index is 265. The van der Waals surface area contributed by atoms with Crippen molar-refractivity contribution in [1.82, 2.24) is 9.80 Å². The molecule has 0 aliphatic carbocycles. The topological polar surface area (TPSA) is 32.8 Å². The van der Waals surface area contributed by atoms with Crippen LogP contribution in [-0.2, 0) is 9.53 Å². The Morgan fingerprint density at radius 3 is 2.22 bits per heavy atom. The number of carbonyl (C=O) groups excluding carboxylic acids is 1. The zero-order chi connectivity index (χ0) is 13.8. The Morgan fingerprint density at radius 1 is 1.22 bits per heavy atom. The van der Waals surface area contributed by atoms with Crippen LogP contribution in [0.2, 0.25) is 0 Å². The first kappa shape index (κ1) is 15.4. The third-order valence-corrected chi connectivity index (χ3v) is 3.64. The van der Waals surface area contributed by atoms with Crippen molar-refractivity contribution >= 4 is 5.97 Å². The standard InChI is InChI=1S/C14H28N2O2/c1-6-18-13(17)11-12(14(2,3)4)16-9-7-15(5)8-10-16/h12H,6-11H2,1-5H3. The molecule has 0 spiro atoms. The van der Waals surface area contributed by atoms with E-state index in [1.807, 2.05) is 6.92 Å². The number of hydrogen-bond donors (Lipinski definition) is 0. The molecule has 0 bridgehead atoms. The van der Waals surface area contributed by atoms with Gasteiger partial charge in [0, 0.05) is 32.2 Å². The zero-order valence-electron chi connectivity index (χ0n) is 12.5. The van der Waals surface area contributed by atoms with Crippen LogP contribution >= 0.6 is 0 Å². The van der Waals surface area contributed by atoms with Crippen molar-refractivity contribution in [3.05, 3.63) is 0 Å². The average molecular weight is 256 g/mol. The number of hydrogen-bond acceptors (Lipinski definition) is 4. The molecule has 0 N–H and O–H groups in total. The van der Waals surface area contributed by atoms with Crippen molar-refractivity contribution < 1.29 is 9.53 Å². The van der Waals surface area contributed by atoms with Crippen LogP contribution in [0.5, 0.6) is 0 Å². The maximum Gasteiger partial charge on any atom is 0.307 e. The van der Waals surface area contributed by atoms with E-state index in [2.05, 4.69) is 37.6 Å². The van der Waals surface area contributed by atoms with Gasteiger partial charge in [-0.2, -0.15) is 0 Å². The lowest BCUT2D eigenvalue weighted by molar-refractivity contribution is -0.146. The summed E-state index contributed by atoms with van der Waals surface area (Å²) in [4.78, 5) is 16.5. The van der Waals surface area contributed by atoms with Crippen molar-refractivity contribution in [2.45, 2.75) is 40.2 Å². The Hall–Kier alpha value is -0.610. The molecule has 18 heavy (non-hydrogen) atoms. The average Bonchev–Trinajstić information content (AvgIpc) is 2.26. The van der Waals surface area contributed by atoms with Gasteiger partial charge in [-0.25, -0.2) is 0 Å². The Morgan fingerprint density at radius 2 is 1.78 bits per heavy atom. The number of rotatable bonds is 4. The molecule has 1 fully saturated rings. The van der Waals surface area contributed by atoms with Crippen molar-refractivity contribution in [2.75, 3.05) is 39.8 Å². The molecule has 4 nitrogen and oxygen atoms in total. The van der Waals surface area contributed by atoms with Crippen molar-refractivity contribution in [3.63, 3.8) is 0 Å². The molecule has 1 heterocycles. The van der Waals surface area contributed by atoms with Gasteiger partial charge in [-0.15, -0.1) is 0 Å². The third kappa shape index (κ3) is 4.58. The fraction of sp³-hybridized carbons (Fsp3) is 0.929. The van der Waals surface area contributed by atoms with Crippen molar-refractivity contribution in [3.8, 4) is 0 Å². The summed E-state index contributed by atoms with van der Waals surface area (Å²) in [7, 11) is 2.15. The summed E-state index contributed by atoms with van der Waals surface area (Å²) in [6, 6.07) is 0.269. The Labute approximate surface area is 111 Å². The molecule has 1 aliphatic rings. The fourth-order valence-corrected chi connectivity index (χ4v) is 2.49. The van der Waals surface area contributed by atoms with Crippen LogP contribution < -0.4 is 0 Å². The van der Waals surface area contributed by atoms with Crippen LogP contribution in [0.25, 0.3) is 0 Å².